The Morgan fingerprint density at radius 2 is 2.00 bits per heavy atom. The lowest BCUT2D eigenvalue weighted by Gasteiger charge is -2.37. The lowest BCUT2D eigenvalue weighted by molar-refractivity contribution is -0.00891. The van der Waals surface area contributed by atoms with Gasteiger partial charge in [-0.2, -0.15) is 5.10 Å². The molecule has 88 valence electrons. The molecule has 1 aliphatic rings. The minimum Gasteiger partial charge on any atom is -0.387 e. The molecular formula is C13H15N3O. The zero-order valence-corrected chi connectivity index (χ0v) is 9.48. The second-order valence-electron chi connectivity index (χ2n) is 4.64. The van der Waals surface area contributed by atoms with Crippen molar-refractivity contribution in [2.24, 2.45) is 0 Å². The van der Waals surface area contributed by atoms with E-state index in [0.717, 1.165) is 16.8 Å². The van der Waals surface area contributed by atoms with Gasteiger partial charge in [-0.15, -0.1) is 0 Å². The first-order valence-electron chi connectivity index (χ1n) is 5.78. The third-order valence-corrected chi connectivity index (χ3v) is 3.21. The molecule has 1 fully saturated rings. The average Bonchev–Trinajstić information content (AvgIpc) is 2.76. The van der Waals surface area contributed by atoms with Gasteiger partial charge in [-0.05, 0) is 5.56 Å². The van der Waals surface area contributed by atoms with Gasteiger partial charge in [-0.3, -0.25) is 5.10 Å². The van der Waals surface area contributed by atoms with Crippen LogP contribution in [0.15, 0.2) is 36.5 Å². The lowest BCUT2D eigenvalue weighted by Crippen LogP contribution is -2.60. The van der Waals surface area contributed by atoms with Crippen molar-refractivity contribution in [2.75, 3.05) is 13.1 Å². The summed E-state index contributed by atoms with van der Waals surface area (Å²) in [6, 6.07) is 10.1. The van der Waals surface area contributed by atoms with Crippen molar-refractivity contribution in [2.45, 2.75) is 12.0 Å². The zero-order valence-electron chi connectivity index (χ0n) is 9.48. The molecule has 0 saturated carbocycles. The summed E-state index contributed by atoms with van der Waals surface area (Å²) in [5.74, 6) is 0. The molecule has 0 radical (unpaired) electrons. The van der Waals surface area contributed by atoms with E-state index >= 15 is 0 Å². The monoisotopic (exact) mass is 229 g/mol. The summed E-state index contributed by atoms with van der Waals surface area (Å²) in [7, 11) is 0. The number of nitrogens with one attached hydrogen (secondary N) is 2. The molecule has 2 aromatic rings. The Labute approximate surface area is 99.7 Å². The number of H-pyrrole nitrogens is 1. The van der Waals surface area contributed by atoms with Gasteiger partial charge in [0.25, 0.3) is 0 Å². The molecule has 3 rings (SSSR count). The number of rotatable bonds is 3. The summed E-state index contributed by atoms with van der Waals surface area (Å²) in [5, 5.41) is 20.3. The van der Waals surface area contributed by atoms with Crippen molar-refractivity contribution in [3.05, 3.63) is 42.1 Å². The van der Waals surface area contributed by atoms with E-state index in [4.69, 9.17) is 0 Å². The Morgan fingerprint density at radius 1 is 1.24 bits per heavy atom. The van der Waals surface area contributed by atoms with Crippen molar-refractivity contribution in [1.29, 1.82) is 0 Å². The zero-order chi connectivity index (χ0) is 11.7. The molecule has 4 heteroatoms. The summed E-state index contributed by atoms with van der Waals surface area (Å²) >= 11 is 0. The second kappa shape index (κ2) is 3.98. The lowest BCUT2D eigenvalue weighted by atomic mass is 9.88. The molecule has 0 aliphatic carbocycles. The van der Waals surface area contributed by atoms with Crippen LogP contribution in [0, 0.1) is 0 Å². The predicted octanol–water partition coefficient (Wildman–Crippen LogP) is 0.953. The quantitative estimate of drug-likeness (QED) is 0.734. The van der Waals surface area contributed by atoms with E-state index in [2.05, 4.69) is 15.5 Å². The van der Waals surface area contributed by atoms with Crippen LogP contribution >= 0.6 is 0 Å². The number of aliphatic hydroxyl groups is 1. The van der Waals surface area contributed by atoms with Gasteiger partial charge in [0.05, 0.1) is 17.5 Å². The van der Waals surface area contributed by atoms with Gasteiger partial charge >= 0.3 is 0 Å². The first-order chi connectivity index (χ1) is 8.27. The van der Waals surface area contributed by atoms with E-state index in [1.54, 1.807) is 6.20 Å². The topological polar surface area (TPSA) is 60.9 Å². The summed E-state index contributed by atoms with van der Waals surface area (Å²) in [5.41, 5.74) is 2.58. The van der Waals surface area contributed by atoms with Crippen LogP contribution in [0.3, 0.4) is 0 Å². The van der Waals surface area contributed by atoms with Gasteiger partial charge < -0.3 is 10.4 Å². The molecule has 1 aromatic heterocycles. The maximum Gasteiger partial charge on any atom is 0.0936 e. The van der Waals surface area contributed by atoms with Crippen molar-refractivity contribution in [1.82, 2.24) is 15.5 Å². The van der Waals surface area contributed by atoms with Gasteiger partial charge in [0, 0.05) is 25.1 Å². The first kappa shape index (κ1) is 10.5. The van der Waals surface area contributed by atoms with Gasteiger partial charge in [0.1, 0.15) is 0 Å². The fourth-order valence-corrected chi connectivity index (χ4v) is 2.19. The van der Waals surface area contributed by atoms with Gasteiger partial charge in [0.15, 0.2) is 0 Å². The Balaban J connectivity index is 1.89. The van der Waals surface area contributed by atoms with Crippen molar-refractivity contribution in [3.63, 3.8) is 0 Å². The number of nitrogens with zero attached hydrogens (tertiary/aromatic N) is 1. The van der Waals surface area contributed by atoms with Crippen LogP contribution in [-0.2, 0) is 6.42 Å². The molecule has 3 N–H and O–H groups in total. The number of benzene rings is 1. The third kappa shape index (κ3) is 1.97. The highest BCUT2D eigenvalue weighted by molar-refractivity contribution is 5.62. The second-order valence-corrected chi connectivity index (χ2v) is 4.64. The number of β-amino-alcohol motifs (C(OH)–C–C–N with tert-alkyl or cyclic N) is 1. The van der Waals surface area contributed by atoms with Gasteiger partial charge in [0.2, 0.25) is 0 Å². The molecule has 2 heterocycles. The van der Waals surface area contributed by atoms with Crippen molar-refractivity contribution < 1.29 is 5.11 Å². The third-order valence-electron chi connectivity index (χ3n) is 3.21. The minimum absolute atomic E-state index is 0.604. The molecule has 1 aromatic carbocycles. The minimum atomic E-state index is -0.604. The molecule has 0 unspecified atom stereocenters. The van der Waals surface area contributed by atoms with Gasteiger partial charge in [-0.25, -0.2) is 0 Å². The summed E-state index contributed by atoms with van der Waals surface area (Å²) < 4.78 is 0. The Morgan fingerprint density at radius 3 is 2.65 bits per heavy atom. The van der Waals surface area contributed by atoms with Crippen LogP contribution < -0.4 is 5.32 Å². The highest BCUT2D eigenvalue weighted by Gasteiger charge is 2.35. The van der Waals surface area contributed by atoms with E-state index in [-0.39, 0.29) is 0 Å². The fraction of sp³-hybridized carbons (Fsp3) is 0.308. The van der Waals surface area contributed by atoms with E-state index in [1.807, 2.05) is 30.3 Å². The van der Waals surface area contributed by atoms with Crippen LogP contribution in [0.4, 0.5) is 0 Å². The molecule has 0 atom stereocenters. The predicted molar refractivity (Wildman–Crippen MR) is 65.5 cm³/mol. The SMILES string of the molecule is OC1(Cc2cn[nH]c2-c2ccccc2)CNC1. The molecule has 0 spiro atoms. The molecule has 0 amide bonds. The smallest absolute Gasteiger partial charge is 0.0936 e. The van der Waals surface area contributed by atoms with Crippen LogP contribution in [-0.4, -0.2) is 34.0 Å². The summed E-state index contributed by atoms with van der Waals surface area (Å²) in [6.07, 6.45) is 2.44. The van der Waals surface area contributed by atoms with Crippen molar-refractivity contribution in [3.8, 4) is 11.3 Å². The highest BCUT2D eigenvalue weighted by Crippen LogP contribution is 2.25. The van der Waals surface area contributed by atoms with Crippen LogP contribution in [0.25, 0.3) is 11.3 Å². The van der Waals surface area contributed by atoms with E-state index < -0.39 is 5.60 Å². The number of hydrogen-bond acceptors (Lipinski definition) is 3. The maximum atomic E-state index is 10.1. The first-order valence-corrected chi connectivity index (χ1v) is 5.78. The number of aromatic amines is 1. The maximum absolute atomic E-state index is 10.1. The highest BCUT2D eigenvalue weighted by atomic mass is 16.3. The van der Waals surface area contributed by atoms with Crippen LogP contribution in [0.1, 0.15) is 5.56 Å². The largest absolute Gasteiger partial charge is 0.387 e. The summed E-state index contributed by atoms with van der Waals surface area (Å²) in [4.78, 5) is 0. The summed E-state index contributed by atoms with van der Waals surface area (Å²) in [6.45, 7) is 1.32. The van der Waals surface area contributed by atoms with Crippen LogP contribution in [0.2, 0.25) is 0 Å². The molecule has 1 saturated heterocycles. The average molecular weight is 229 g/mol. The van der Waals surface area contributed by atoms with E-state index in [1.165, 1.54) is 0 Å². The van der Waals surface area contributed by atoms with Crippen molar-refractivity contribution >= 4 is 0 Å². The number of aromatic nitrogens is 2. The standard InChI is InChI=1S/C13H15N3O/c17-13(8-14-9-13)6-11-7-15-16-12(11)10-4-2-1-3-5-10/h1-5,7,14,17H,6,8-9H2,(H,15,16). The molecule has 0 bridgehead atoms. The fourth-order valence-electron chi connectivity index (χ4n) is 2.19. The normalized spacial score (nSPS) is 17.7. The Bertz CT molecular complexity index is 502. The van der Waals surface area contributed by atoms with Crippen LogP contribution in [0.5, 0.6) is 0 Å². The molecular weight excluding hydrogens is 214 g/mol. The molecule has 4 nitrogen and oxygen atoms in total. The van der Waals surface area contributed by atoms with E-state index in [9.17, 15) is 5.11 Å². The Kier molecular flexibility index (Phi) is 2.46. The molecule has 1 aliphatic heterocycles. The van der Waals surface area contributed by atoms with E-state index in [0.29, 0.717) is 19.5 Å². The molecule has 17 heavy (non-hydrogen) atoms. The number of hydrogen-bond donors (Lipinski definition) is 3. The Hall–Kier alpha value is -1.65. The van der Waals surface area contributed by atoms with Gasteiger partial charge in [-0.1, -0.05) is 30.3 Å².